The molecular formula is C24H21FN2O4. The van der Waals surface area contributed by atoms with Crippen molar-refractivity contribution in [2.75, 3.05) is 24.8 Å². The van der Waals surface area contributed by atoms with E-state index in [0.717, 1.165) is 5.56 Å². The van der Waals surface area contributed by atoms with Crippen LogP contribution in [0.4, 0.5) is 10.1 Å². The van der Waals surface area contributed by atoms with Gasteiger partial charge in [-0.2, -0.15) is 0 Å². The SMILES string of the molecule is Cc1ccc(C(=O)N(CCNC(=O)c2ccc3c(c2)OCO3)c2ccc(F)cc2)cc1. The van der Waals surface area contributed by atoms with E-state index in [1.807, 2.05) is 19.1 Å². The van der Waals surface area contributed by atoms with Gasteiger partial charge in [-0.3, -0.25) is 9.59 Å². The number of carbonyl (C=O) groups is 2. The van der Waals surface area contributed by atoms with Gasteiger partial charge in [0.1, 0.15) is 5.82 Å². The first kappa shape index (κ1) is 20.4. The van der Waals surface area contributed by atoms with Crippen LogP contribution in [0.1, 0.15) is 26.3 Å². The zero-order valence-electron chi connectivity index (χ0n) is 16.9. The highest BCUT2D eigenvalue weighted by Crippen LogP contribution is 2.32. The Kier molecular flexibility index (Phi) is 5.84. The van der Waals surface area contributed by atoms with Gasteiger partial charge in [0.25, 0.3) is 11.8 Å². The molecule has 1 heterocycles. The van der Waals surface area contributed by atoms with E-state index in [-0.39, 0.29) is 37.5 Å². The number of nitrogens with zero attached hydrogens (tertiary/aromatic N) is 1. The van der Waals surface area contributed by atoms with Crippen LogP contribution >= 0.6 is 0 Å². The van der Waals surface area contributed by atoms with Crippen LogP contribution in [-0.2, 0) is 0 Å². The molecule has 1 aliphatic heterocycles. The second-order valence-corrected chi connectivity index (χ2v) is 7.12. The van der Waals surface area contributed by atoms with Crippen molar-refractivity contribution in [1.82, 2.24) is 5.32 Å². The molecule has 0 unspecified atom stereocenters. The second-order valence-electron chi connectivity index (χ2n) is 7.12. The smallest absolute Gasteiger partial charge is 0.258 e. The standard InChI is InChI=1S/C24H21FN2O4/c1-16-2-4-17(5-3-16)24(29)27(20-9-7-19(25)8-10-20)13-12-26-23(28)18-6-11-21-22(14-18)31-15-30-21/h2-11,14H,12-13,15H2,1H3,(H,26,28). The van der Waals surface area contributed by atoms with Crippen molar-refractivity contribution in [2.24, 2.45) is 0 Å². The van der Waals surface area contributed by atoms with Gasteiger partial charge in [-0.15, -0.1) is 0 Å². The summed E-state index contributed by atoms with van der Waals surface area (Å²) in [7, 11) is 0. The van der Waals surface area contributed by atoms with Gasteiger partial charge in [0.05, 0.1) is 0 Å². The van der Waals surface area contributed by atoms with E-state index in [0.29, 0.717) is 28.3 Å². The number of rotatable bonds is 6. The number of benzene rings is 3. The fourth-order valence-corrected chi connectivity index (χ4v) is 3.24. The Hall–Kier alpha value is -3.87. The van der Waals surface area contributed by atoms with Crippen molar-refractivity contribution in [3.05, 3.63) is 89.2 Å². The number of fused-ring (bicyclic) bond motifs is 1. The number of anilines is 1. The van der Waals surface area contributed by atoms with Gasteiger partial charge in [-0.25, -0.2) is 4.39 Å². The molecule has 7 heteroatoms. The minimum atomic E-state index is -0.386. The lowest BCUT2D eigenvalue weighted by Gasteiger charge is -2.23. The summed E-state index contributed by atoms with van der Waals surface area (Å²) in [5.41, 5.74) is 2.53. The van der Waals surface area contributed by atoms with Crippen molar-refractivity contribution in [3.8, 4) is 11.5 Å². The van der Waals surface area contributed by atoms with E-state index < -0.39 is 0 Å². The highest BCUT2D eigenvalue weighted by Gasteiger charge is 2.19. The van der Waals surface area contributed by atoms with Gasteiger partial charge >= 0.3 is 0 Å². The minimum Gasteiger partial charge on any atom is -0.454 e. The Morgan fingerprint density at radius 2 is 1.61 bits per heavy atom. The molecule has 0 saturated carbocycles. The van der Waals surface area contributed by atoms with Crippen LogP contribution in [0.15, 0.2) is 66.7 Å². The molecule has 3 aromatic carbocycles. The molecule has 0 aromatic heterocycles. The maximum Gasteiger partial charge on any atom is 0.258 e. The molecule has 0 fully saturated rings. The van der Waals surface area contributed by atoms with Crippen LogP contribution in [0.5, 0.6) is 11.5 Å². The topological polar surface area (TPSA) is 67.9 Å². The molecule has 2 amide bonds. The fraction of sp³-hybridized carbons (Fsp3) is 0.167. The molecule has 6 nitrogen and oxygen atoms in total. The minimum absolute atomic E-state index is 0.133. The molecule has 158 valence electrons. The van der Waals surface area contributed by atoms with Gasteiger partial charge in [0, 0.05) is 29.9 Å². The molecule has 1 N–H and O–H groups in total. The third-order valence-electron chi connectivity index (χ3n) is 4.94. The number of aryl methyl sites for hydroxylation is 1. The summed E-state index contributed by atoms with van der Waals surface area (Å²) in [5.74, 6) is 0.213. The van der Waals surface area contributed by atoms with Crippen molar-refractivity contribution in [1.29, 1.82) is 0 Å². The highest BCUT2D eigenvalue weighted by atomic mass is 19.1. The number of nitrogens with one attached hydrogen (secondary N) is 1. The average molecular weight is 420 g/mol. The van der Waals surface area contributed by atoms with Crippen LogP contribution < -0.4 is 19.7 Å². The number of carbonyl (C=O) groups excluding carboxylic acids is 2. The Morgan fingerprint density at radius 1 is 0.935 bits per heavy atom. The summed E-state index contributed by atoms with van der Waals surface area (Å²) in [6, 6.07) is 17.9. The highest BCUT2D eigenvalue weighted by molar-refractivity contribution is 6.06. The van der Waals surface area contributed by atoms with Crippen molar-refractivity contribution < 1.29 is 23.5 Å². The molecule has 0 saturated heterocycles. The molecule has 3 aromatic rings. The van der Waals surface area contributed by atoms with Gasteiger partial charge in [-0.1, -0.05) is 17.7 Å². The van der Waals surface area contributed by atoms with Gasteiger partial charge in [0.2, 0.25) is 6.79 Å². The Balaban J connectivity index is 1.47. The molecule has 0 spiro atoms. The van der Waals surface area contributed by atoms with Gasteiger partial charge < -0.3 is 19.7 Å². The summed E-state index contributed by atoms with van der Waals surface area (Å²) in [6.07, 6.45) is 0. The first-order chi connectivity index (χ1) is 15.0. The molecule has 31 heavy (non-hydrogen) atoms. The zero-order valence-corrected chi connectivity index (χ0v) is 16.9. The molecule has 4 rings (SSSR count). The maximum atomic E-state index is 13.4. The first-order valence-electron chi connectivity index (χ1n) is 9.83. The summed E-state index contributed by atoms with van der Waals surface area (Å²) in [4.78, 5) is 27.1. The molecule has 1 aliphatic rings. The van der Waals surface area contributed by atoms with Gasteiger partial charge in [-0.05, 0) is 61.5 Å². The largest absolute Gasteiger partial charge is 0.454 e. The first-order valence-corrected chi connectivity index (χ1v) is 9.83. The van der Waals surface area contributed by atoms with E-state index in [1.54, 1.807) is 42.5 Å². The van der Waals surface area contributed by atoms with Crippen molar-refractivity contribution in [3.63, 3.8) is 0 Å². The number of amides is 2. The lowest BCUT2D eigenvalue weighted by atomic mass is 10.1. The predicted molar refractivity (Wildman–Crippen MR) is 114 cm³/mol. The van der Waals surface area contributed by atoms with E-state index in [2.05, 4.69) is 5.32 Å². The van der Waals surface area contributed by atoms with Crippen LogP contribution in [0.2, 0.25) is 0 Å². The van der Waals surface area contributed by atoms with Crippen molar-refractivity contribution >= 4 is 17.5 Å². The third kappa shape index (κ3) is 4.66. The summed E-state index contributed by atoms with van der Waals surface area (Å²) >= 11 is 0. The van der Waals surface area contributed by atoms with Crippen LogP contribution in [0.3, 0.4) is 0 Å². The maximum absolute atomic E-state index is 13.4. The lowest BCUT2D eigenvalue weighted by molar-refractivity contribution is 0.0943. The van der Waals surface area contributed by atoms with E-state index in [9.17, 15) is 14.0 Å². The average Bonchev–Trinajstić information content (AvgIpc) is 3.25. The van der Waals surface area contributed by atoms with E-state index in [4.69, 9.17) is 9.47 Å². The zero-order chi connectivity index (χ0) is 21.8. The van der Waals surface area contributed by atoms with Crippen molar-refractivity contribution in [2.45, 2.75) is 6.92 Å². The molecule has 0 radical (unpaired) electrons. The molecule has 0 aliphatic carbocycles. The normalized spacial score (nSPS) is 11.8. The molecule has 0 bridgehead atoms. The summed E-state index contributed by atoms with van der Waals surface area (Å²) in [5, 5.41) is 2.81. The lowest BCUT2D eigenvalue weighted by Crippen LogP contribution is -2.38. The monoisotopic (exact) mass is 420 g/mol. The Bertz CT molecular complexity index is 1100. The van der Waals surface area contributed by atoms with E-state index in [1.165, 1.54) is 17.0 Å². The number of hydrogen-bond donors (Lipinski definition) is 1. The third-order valence-corrected chi connectivity index (χ3v) is 4.94. The number of hydrogen-bond acceptors (Lipinski definition) is 4. The Morgan fingerprint density at radius 3 is 2.35 bits per heavy atom. The van der Waals surface area contributed by atoms with Crippen LogP contribution in [-0.4, -0.2) is 31.7 Å². The Labute approximate surface area is 179 Å². The van der Waals surface area contributed by atoms with Gasteiger partial charge in [0.15, 0.2) is 11.5 Å². The van der Waals surface area contributed by atoms with Crippen LogP contribution in [0, 0.1) is 12.7 Å². The molecular weight excluding hydrogens is 399 g/mol. The van der Waals surface area contributed by atoms with Crippen LogP contribution in [0.25, 0.3) is 0 Å². The number of halogens is 1. The fourth-order valence-electron chi connectivity index (χ4n) is 3.24. The predicted octanol–water partition coefficient (Wildman–Crippen LogP) is 3.94. The van der Waals surface area contributed by atoms with E-state index >= 15 is 0 Å². The second kappa shape index (κ2) is 8.87. The quantitative estimate of drug-likeness (QED) is 0.656. The summed E-state index contributed by atoms with van der Waals surface area (Å²) < 4.78 is 23.9. The number of ether oxygens (including phenoxy) is 2. The summed E-state index contributed by atoms with van der Waals surface area (Å²) in [6.45, 7) is 2.50. The molecule has 0 atom stereocenters.